The summed E-state index contributed by atoms with van der Waals surface area (Å²) in [5.41, 5.74) is 5.86. The second kappa shape index (κ2) is 5.27. The zero-order chi connectivity index (χ0) is 12.1. The molecule has 0 aromatic heterocycles. The molecule has 0 bridgehead atoms. The number of carboxylic acid groups (broad SMARTS) is 1. The molecule has 0 radical (unpaired) electrons. The van der Waals surface area contributed by atoms with Crippen LogP contribution in [0.1, 0.15) is 28.4 Å². The minimum absolute atomic E-state index is 0.0667. The van der Waals surface area contributed by atoms with Crippen LogP contribution in [0, 0.1) is 0 Å². The highest BCUT2D eigenvalue weighted by molar-refractivity contribution is 5.99. The van der Waals surface area contributed by atoms with Crippen molar-refractivity contribution in [2.24, 2.45) is 5.73 Å². The standard InChI is InChI=1S/C10H9NO3.CH5N/c12-9(13)5-8-6-3-1-2-4-7(6)10(14)11-8;1-2/h1-4,8H,5H2,(H,11,14)(H,12,13);2H2,1H3/t8-;/m0./s1. The van der Waals surface area contributed by atoms with Crippen molar-refractivity contribution < 1.29 is 14.7 Å². The number of carboxylic acids is 1. The van der Waals surface area contributed by atoms with Crippen molar-refractivity contribution in [3.63, 3.8) is 0 Å². The maximum Gasteiger partial charge on any atom is 0.305 e. The number of hydrogen-bond donors (Lipinski definition) is 3. The number of nitrogens with one attached hydrogen (secondary N) is 1. The van der Waals surface area contributed by atoms with Crippen molar-refractivity contribution in [2.45, 2.75) is 12.5 Å². The summed E-state index contributed by atoms with van der Waals surface area (Å²) < 4.78 is 0. The molecule has 0 spiro atoms. The van der Waals surface area contributed by atoms with Crippen molar-refractivity contribution in [2.75, 3.05) is 7.05 Å². The summed E-state index contributed by atoms with van der Waals surface area (Å²) in [6, 6.07) is 6.67. The third kappa shape index (κ3) is 2.38. The molecule has 5 heteroatoms. The van der Waals surface area contributed by atoms with Gasteiger partial charge in [-0.25, -0.2) is 0 Å². The largest absolute Gasteiger partial charge is 0.481 e. The van der Waals surface area contributed by atoms with Crippen molar-refractivity contribution >= 4 is 11.9 Å². The maximum atomic E-state index is 11.4. The van der Waals surface area contributed by atoms with E-state index < -0.39 is 5.97 Å². The number of nitrogens with two attached hydrogens (primary N) is 1. The maximum absolute atomic E-state index is 11.4. The van der Waals surface area contributed by atoms with E-state index in [1.54, 1.807) is 24.3 Å². The molecule has 2 rings (SSSR count). The predicted octanol–water partition coefficient (Wildman–Crippen LogP) is 0.521. The van der Waals surface area contributed by atoms with Gasteiger partial charge in [-0.05, 0) is 18.7 Å². The van der Waals surface area contributed by atoms with Gasteiger partial charge >= 0.3 is 5.97 Å². The van der Waals surface area contributed by atoms with Crippen LogP contribution < -0.4 is 11.1 Å². The summed E-state index contributed by atoms with van der Waals surface area (Å²) in [5.74, 6) is -1.10. The van der Waals surface area contributed by atoms with Crippen LogP contribution in [-0.2, 0) is 4.79 Å². The van der Waals surface area contributed by atoms with Crippen LogP contribution in [0.25, 0.3) is 0 Å². The minimum atomic E-state index is -0.910. The molecule has 0 saturated carbocycles. The predicted molar refractivity (Wildman–Crippen MR) is 59.0 cm³/mol. The first-order valence-electron chi connectivity index (χ1n) is 4.88. The van der Waals surface area contributed by atoms with Crippen LogP contribution in [0.4, 0.5) is 0 Å². The van der Waals surface area contributed by atoms with E-state index in [9.17, 15) is 9.59 Å². The SMILES string of the molecule is CN.O=C(O)C[C@@H]1NC(=O)c2ccccc21. The topological polar surface area (TPSA) is 92.4 Å². The van der Waals surface area contributed by atoms with E-state index >= 15 is 0 Å². The first-order chi connectivity index (χ1) is 7.68. The number of carbonyl (C=O) groups is 2. The van der Waals surface area contributed by atoms with Crippen molar-refractivity contribution in [1.82, 2.24) is 5.32 Å². The Hall–Kier alpha value is -1.88. The zero-order valence-electron chi connectivity index (χ0n) is 8.93. The molecule has 5 nitrogen and oxygen atoms in total. The smallest absolute Gasteiger partial charge is 0.305 e. The Morgan fingerprint density at radius 3 is 2.69 bits per heavy atom. The number of aliphatic carboxylic acids is 1. The van der Waals surface area contributed by atoms with E-state index in [0.717, 1.165) is 5.56 Å². The molecule has 1 amide bonds. The number of carbonyl (C=O) groups excluding carboxylic acids is 1. The van der Waals surface area contributed by atoms with E-state index in [4.69, 9.17) is 5.11 Å². The van der Waals surface area contributed by atoms with Gasteiger partial charge in [-0.3, -0.25) is 9.59 Å². The first kappa shape index (κ1) is 12.2. The van der Waals surface area contributed by atoms with Crippen LogP contribution in [0.2, 0.25) is 0 Å². The van der Waals surface area contributed by atoms with E-state index in [2.05, 4.69) is 11.1 Å². The molecule has 1 aliphatic heterocycles. The highest BCUT2D eigenvalue weighted by atomic mass is 16.4. The van der Waals surface area contributed by atoms with Gasteiger partial charge in [0.2, 0.25) is 0 Å². The van der Waals surface area contributed by atoms with Crippen LogP contribution in [-0.4, -0.2) is 24.0 Å². The molecule has 1 aromatic rings. The fourth-order valence-electron chi connectivity index (χ4n) is 1.66. The highest BCUT2D eigenvalue weighted by Gasteiger charge is 2.29. The fourth-order valence-corrected chi connectivity index (χ4v) is 1.66. The van der Waals surface area contributed by atoms with Gasteiger partial charge in [0.15, 0.2) is 0 Å². The summed E-state index contributed by atoms with van der Waals surface area (Å²) in [7, 11) is 1.50. The average molecular weight is 222 g/mol. The van der Waals surface area contributed by atoms with Crippen LogP contribution in [0.15, 0.2) is 24.3 Å². The summed E-state index contributed by atoms with van der Waals surface area (Å²) in [6.07, 6.45) is -0.0667. The van der Waals surface area contributed by atoms with Gasteiger partial charge in [-0.2, -0.15) is 0 Å². The number of hydrogen-bond acceptors (Lipinski definition) is 3. The third-order valence-corrected chi connectivity index (χ3v) is 2.26. The lowest BCUT2D eigenvalue weighted by Gasteiger charge is -2.07. The number of amides is 1. The molecular weight excluding hydrogens is 208 g/mol. The Bertz CT molecular complexity index is 402. The number of fused-ring (bicyclic) bond motifs is 1. The van der Waals surface area contributed by atoms with Crippen molar-refractivity contribution in [3.05, 3.63) is 35.4 Å². The summed E-state index contributed by atoms with van der Waals surface area (Å²) in [6.45, 7) is 0. The summed E-state index contributed by atoms with van der Waals surface area (Å²) in [4.78, 5) is 21.9. The van der Waals surface area contributed by atoms with E-state index in [-0.39, 0.29) is 18.4 Å². The molecule has 4 N–H and O–H groups in total. The fraction of sp³-hybridized carbons (Fsp3) is 0.273. The van der Waals surface area contributed by atoms with E-state index in [1.807, 2.05) is 0 Å². The molecular formula is C11H14N2O3. The third-order valence-electron chi connectivity index (χ3n) is 2.26. The first-order valence-corrected chi connectivity index (χ1v) is 4.88. The van der Waals surface area contributed by atoms with Crippen LogP contribution in [0.5, 0.6) is 0 Å². The van der Waals surface area contributed by atoms with Gasteiger partial charge < -0.3 is 16.2 Å². The summed E-state index contributed by atoms with van der Waals surface area (Å²) >= 11 is 0. The Labute approximate surface area is 93.3 Å². The van der Waals surface area contributed by atoms with E-state index in [1.165, 1.54) is 7.05 Å². The molecule has 1 aromatic carbocycles. The molecule has 1 heterocycles. The lowest BCUT2D eigenvalue weighted by Crippen LogP contribution is -2.21. The zero-order valence-corrected chi connectivity index (χ0v) is 8.93. The van der Waals surface area contributed by atoms with Gasteiger partial charge in [-0.15, -0.1) is 0 Å². The Balaban J connectivity index is 0.000000606. The molecule has 16 heavy (non-hydrogen) atoms. The Kier molecular flexibility index (Phi) is 4.02. The minimum Gasteiger partial charge on any atom is -0.481 e. The summed E-state index contributed by atoms with van der Waals surface area (Å²) in [5, 5.41) is 11.3. The second-order valence-electron chi connectivity index (χ2n) is 3.21. The number of benzene rings is 1. The molecule has 0 aliphatic carbocycles. The lowest BCUT2D eigenvalue weighted by atomic mass is 10.0. The van der Waals surface area contributed by atoms with Gasteiger partial charge in [-0.1, -0.05) is 18.2 Å². The average Bonchev–Trinajstić information content (AvgIpc) is 2.59. The molecule has 0 saturated heterocycles. The molecule has 1 aliphatic rings. The van der Waals surface area contributed by atoms with Gasteiger partial charge in [0.05, 0.1) is 12.5 Å². The monoisotopic (exact) mass is 222 g/mol. The quantitative estimate of drug-likeness (QED) is 0.680. The normalized spacial score (nSPS) is 16.9. The molecule has 1 atom stereocenters. The Morgan fingerprint density at radius 1 is 1.44 bits per heavy atom. The van der Waals surface area contributed by atoms with Gasteiger partial charge in [0, 0.05) is 5.56 Å². The number of rotatable bonds is 2. The van der Waals surface area contributed by atoms with Gasteiger partial charge in [0.1, 0.15) is 0 Å². The molecule has 0 fully saturated rings. The molecule has 86 valence electrons. The van der Waals surface area contributed by atoms with Crippen LogP contribution in [0.3, 0.4) is 0 Å². The molecule has 0 unspecified atom stereocenters. The lowest BCUT2D eigenvalue weighted by molar-refractivity contribution is -0.137. The van der Waals surface area contributed by atoms with Crippen molar-refractivity contribution in [1.29, 1.82) is 0 Å². The Morgan fingerprint density at radius 2 is 2.06 bits per heavy atom. The highest BCUT2D eigenvalue weighted by Crippen LogP contribution is 2.27. The van der Waals surface area contributed by atoms with Crippen molar-refractivity contribution in [3.8, 4) is 0 Å². The second-order valence-corrected chi connectivity index (χ2v) is 3.21. The van der Waals surface area contributed by atoms with E-state index in [0.29, 0.717) is 5.56 Å². The van der Waals surface area contributed by atoms with Gasteiger partial charge in [0.25, 0.3) is 5.91 Å². The van der Waals surface area contributed by atoms with Crippen LogP contribution >= 0.6 is 0 Å².